The number of aryl methyl sites for hydroxylation is 3. The Bertz CT molecular complexity index is 610. The Hall–Kier alpha value is -1.87. The van der Waals surface area contributed by atoms with Crippen LogP contribution in [0.15, 0.2) is 36.4 Å². The monoisotopic (exact) mass is 273 g/mol. The third-order valence-electron chi connectivity index (χ3n) is 3.57. The molecule has 0 aliphatic heterocycles. The van der Waals surface area contributed by atoms with E-state index in [1.54, 1.807) is 19.1 Å². The minimum Gasteiger partial charge on any atom is -0.387 e. The molecular formula is C17H20FNO. The second kappa shape index (κ2) is 6.06. The molecule has 0 bridgehead atoms. The molecule has 0 radical (unpaired) electrons. The number of anilines is 1. The number of benzene rings is 2. The van der Waals surface area contributed by atoms with Crippen molar-refractivity contribution >= 4 is 5.69 Å². The van der Waals surface area contributed by atoms with Crippen LogP contribution in [0.3, 0.4) is 0 Å². The largest absolute Gasteiger partial charge is 0.387 e. The van der Waals surface area contributed by atoms with Crippen LogP contribution in [-0.4, -0.2) is 11.7 Å². The van der Waals surface area contributed by atoms with E-state index in [-0.39, 0.29) is 5.82 Å². The maximum atomic E-state index is 13.2. The van der Waals surface area contributed by atoms with E-state index in [1.807, 2.05) is 12.1 Å². The predicted molar refractivity (Wildman–Crippen MR) is 80.5 cm³/mol. The summed E-state index contributed by atoms with van der Waals surface area (Å²) in [4.78, 5) is 0. The van der Waals surface area contributed by atoms with Gasteiger partial charge in [-0.15, -0.1) is 0 Å². The molecule has 20 heavy (non-hydrogen) atoms. The number of hydrogen-bond donors (Lipinski definition) is 2. The standard InChI is InChI=1S/C17H20FNO/c1-11-4-6-15(9-12(11)2)19-10-17(20)14-5-7-16(18)13(3)8-14/h4-9,17,19-20H,10H2,1-3H3. The highest BCUT2D eigenvalue weighted by molar-refractivity contribution is 5.48. The lowest BCUT2D eigenvalue weighted by atomic mass is 10.1. The average Bonchev–Trinajstić information content (AvgIpc) is 2.43. The van der Waals surface area contributed by atoms with E-state index in [9.17, 15) is 9.50 Å². The Kier molecular flexibility index (Phi) is 4.40. The van der Waals surface area contributed by atoms with Crippen LogP contribution in [0.25, 0.3) is 0 Å². The number of aliphatic hydroxyl groups excluding tert-OH is 1. The van der Waals surface area contributed by atoms with E-state index < -0.39 is 6.10 Å². The molecule has 0 amide bonds. The van der Waals surface area contributed by atoms with Crippen LogP contribution in [0.2, 0.25) is 0 Å². The summed E-state index contributed by atoms with van der Waals surface area (Å²) in [5.74, 6) is -0.247. The van der Waals surface area contributed by atoms with Gasteiger partial charge in [0.05, 0.1) is 6.10 Å². The first kappa shape index (κ1) is 14.5. The van der Waals surface area contributed by atoms with Gasteiger partial charge in [-0.2, -0.15) is 0 Å². The van der Waals surface area contributed by atoms with Gasteiger partial charge in [-0.05, 0) is 61.2 Å². The normalized spacial score (nSPS) is 12.2. The van der Waals surface area contributed by atoms with Gasteiger partial charge in [0.25, 0.3) is 0 Å². The zero-order valence-electron chi connectivity index (χ0n) is 12.1. The molecule has 0 aliphatic carbocycles. The summed E-state index contributed by atoms with van der Waals surface area (Å²) in [7, 11) is 0. The second-order valence-electron chi connectivity index (χ2n) is 5.20. The molecule has 0 spiro atoms. The first-order valence-electron chi connectivity index (χ1n) is 6.72. The Morgan fingerprint density at radius 3 is 2.40 bits per heavy atom. The Morgan fingerprint density at radius 1 is 1.00 bits per heavy atom. The van der Waals surface area contributed by atoms with Gasteiger partial charge in [-0.25, -0.2) is 4.39 Å². The fourth-order valence-corrected chi connectivity index (χ4v) is 2.06. The van der Waals surface area contributed by atoms with Crippen molar-refractivity contribution in [3.05, 3.63) is 64.5 Å². The Labute approximate surface area is 119 Å². The molecule has 2 nitrogen and oxygen atoms in total. The fraction of sp³-hybridized carbons (Fsp3) is 0.294. The molecule has 0 aromatic heterocycles. The molecule has 2 N–H and O–H groups in total. The van der Waals surface area contributed by atoms with Crippen molar-refractivity contribution in [1.29, 1.82) is 0 Å². The van der Waals surface area contributed by atoms with E-state index in [2.05, 4.69) is 25.2 Å². The topological polar surface area (TPSA) is 32.3 Å². The van der Waals surface area contributed by atoms with E-state index in [0.717, 1.165) is 11.3 Å². The third kappa shape index (κ3) is 3.36. The fourth-order valence-electron chi connectivity index (χ4n) is 2.06. The maximum Gasteiger partial charge on any atom is 0.126 e. The second-order valence-corrected chi connectivity index (χ2v) is 5.20. The van der Waals surface area contributed by atoms with Crippen molar-refractivity contribution in [3.63, 3.8) is 0 Å². The highest BCUT2D eigenvalue weighted by Gasteiger charge is 2.09. The van der Waals surface area contributed by atoms with Crippen molar-refractivity contribution in [3.8, 4) is 0 Å². The van der Waals surface area contributed by atoms with Crippen molar-refractivity contribution in [1.82, 2.24) is 0 Å². The quantitative estimate of drug-likeness (QED) is 0.885. The molecule has 0 saturated carbocycles. The van der Waals surface area contributed by atoms with Gasteiger partial charge in [0.1, 0.15) is 5.82 Å². The molecule has 2 aromatic rings. The van der Waals surface area contributed by atoms with Crippen LogP contribution in [0.1, 0.15) is 28.4 Å². The van der Waals surface area contributed by atoms with Crippen LogP contribution >= 0.6 is 0 Å². The molecule has 0 aliphatic rings. The molecule has 2 rings (SSSR count). The SMILES string of the molecule is Cc1ccc(NCC(O)c2ccc(F)c(C)c2)cc1C. The average molecular weight is 273 g/mol. The Balaban J connectivity index is 2.02. The summed E-state index contributed by atoms with van der Waals surface area (Å²) in [5.41, 5.74) is 4.70. The minimum atomic E-state index is -0.657. The lowest BCUT2D eigenvalue weighted by Gasteiger charge is -2.15. The summed E-state index contributed by atoms with van der Waals surface area (Å²) < 4.78 is 13.2. The molecule has 0 fully saturated rings. The van der Waals surface area contributed by atoms with Crippen LogP contribution in [-0.2, 0) is 0 Å². The molecule has 0 heterocycles. The number of halogens is 1. The highest BCUT2D eigenvalue weighted by atomic mass is 19.1. The molecule has 1 unspecified atom stereocenters. The first-order chi connectivity index (χ1) is 9.47. The van der Waals surface area contributed by atoms with Gasteiger partial charge in [-0.3, -0.25) is 0 Å². The molecule has 2 aromatic carbocycles. The smallest absolute Gasteiger partial charge is 0.126 e. The predicted octanol–water partition coefficient (Wildman–Crippen LogP) is 3.90. The minimum absolute atomic E-state index is 0.247. The zero-order valence-corrected chi connectivity index (χ0v) is 12.1. The van der Waals surface area contributed by atoms with Crippen LogP contribution in [0.4, 0.5) is 10.1 Å². The van der Waals surface area contributed by atoms with Crippen LogP contribution in [0, 0.1) is 26.6 Å². The number of hydrogen-bond acceptors (Lipinski definition) is 2. The van der Waals surface area contributed by atoms with Crippen LogP contribution in [0.5, 0.6) is 0 Å². The zero-order chi connectivity index (χ0) is 14.7. The van der Waals surface area contributed by atoms with Crippen molar-refractivity contribution in [2.24, 2.45) is 0 Å². The van der Waals surface area contributed by atoms with Gasteiger partial charge in [-0.1, -0.05) is 18.2 Å². The van der Waals surface area contributed by atoms with Crippen molar-refractivity contribution < 1.29 is 9.50 Å². The Morgan fingerprint density at radius 2 is 1.75 bits per heavy atom. The summed E-state index contributed by atoms with van der Waals surface area (Å²) in [6, 6.07) is 10.8. The van der Waals surface area contributed by atoms with E-state index >= 15 is 0 Å². The summed E-state index contributed by atoms with van der Waals surface area (Å²) >= 11 is 0. The molecule has 0 saturated heterocycles. The van der Waals surface area contributed by atoms with Gasteiger partial charge in [0.15, 0.2) is 0 Å². The summed E-state index contributed by atoms with van der Waals surface area (Å²) in [6.45, 7) is 6.21. The summed E-state index contributed by atoms with van der Waals surface area (Å²) in [5, 5.41) is 13.3. The highest BCUT2D eigenvalue weighted by Crippen LogP contribution is 2.19. The van der Waals surface area contributed by atoms with Gasteiger partial charge >= 0.3 is 0 Å². The van der Waals surface area contributed by atoms with Gasteiger partial charge in [0.2, 0.25) is 0 Å². The van der Waals surface area contributed by atoms with Crippen molar-refractivity contribution in [2.45, 2.75) is 26.9 Å². The van der Waals surface area contributed by atoms with E-state index in [4.69, 9.17) is 0 Å². The van der Waals surface area contributed by atoms with E-state index in [1.165, 1.54) is 17.2 Å². The third-order valence-corrected chi connectivity index (χ3v) is 3.57. The lowest BCUT2D eigenvalue weighted by molar-refractivity contribution is 0.191. The van der Waals surface area contributed by atoms with Crippen LogP contribution < -0.4 is 5.32 Å². The number of rotatable bonds is 4. The van der Waals surface area contributed by atoms with Gasteiger partial charge in [0, 0.05) is 12.2 Å². The van der Waals surface area contributed by atoms with Gasteiger partial charge < -0.3 is 10.4 Å². The first-order valence-corrected chi connectivity index (χ1v) is 6.72. The molecular weight excluding hydrogens is 253 g/mol. The lowest BCUT2D eigenvalue weighted by Crippen LogP contribution is -2.12. The molecule has 1 atom stereocenters. The molecule has 3 heteroatoms. The van der Waals surface area contributed by atoms with E-state index in [0.29, 0.717) is 12.1 Å². The number of nitrogens with one attached hydrogen (secondary N) is 1. The van der Waals surface area contributed by atoms with Crippen molar-refractivity contribution in [2.75, 3.05) is 11.9 Å². The molecule has 106 valence electrons. The maximum absolute atomic E-state index is 13.2. The number of aliphatic hydroxyl groups is 1. The summed E-state index contributed by atoms with van der Waals surface area (Å²) in [6.07, 6.45) is -0.657.